The molecule has 8 heteroatoms. The molecule has 1 aromatic rings. The average Bonchev–Trinajstić information content (AvgIpc) is 2.56. The van der Waals surface area contributed by atoms with Crippen molar-refractivity contribution in [1.29, 1.82) is 0 Å². The number of carbonyl (C=O) groups is 1. The van der Waals surface area contributed by atoms with Gasteiger partial charge in [0.05, 0.1) is 18.1 Å². The minimum absolute atomic E-state index is 0.0482. The van der Waals surface area contributed by atoms with Crippen molar-refractivity contribution < 1.29 is 17.9 Å². The molecule has 140 valence electrons. The number of sulfonamides is 1. The Kier molecular flexibility index (Phi) is 6.42. The standard InChI is InChI=1S/C17H27N3O4S/c1-12(2)18-17(21)14(4)19-15-6-5-13(3)16(11-15)25(22,23)20-7-9-24-10-8-20/h5-6,11-12,14,19H,7-10H2,1-4H3,(H,18,21). The quantitative estimate of drug-likeness (QED) is 0.790. The maximum atomic E-state index is 12.9. The van der Waals surface area contributed by atoms with Crippen LogP contribution in [0, 0.1) is 6.92 Å². The van der Waals surface area contributed by atoms with Gasteiger partial charge in [0, 0.05) is 24.8 Å². The third-order valence-electron chi connectivity index (χ3n) is 3.98. The molecule has 1 fully saturated rings. The number of amides is 1. The normalized spacial score (nSPS) is 17.3. The molecule has 1 atom stereocenters. The molecule has 7 nitrogen and oxygen atoms in total. The summed E-state index contributed by atoms with van der Waals surface area (Å²) in [4.78, 5) is 12.3. The molecule has 0 bridgehead atoms. The van der Waals surface area contributed by atoms with Gasteiger partial charge in [-0.3, -0.25) is 4.79 Å². The maximum absolute atomic E-state index is 12.9. The van der Waals surface area contributed by atoms with Crippen LogP contribution in [0.15, 0.2) is 23.1 Å². The number of rotatable bonds is 6. The Balaban J connectivity index is 2.21. The van der Waals surface area contributed by atoms with E-state index in [1.807, 2.05) is 13.8 Å². The van der Waals surface area contributed by atoms with E-state index < -0.39 is 16.1 Å². The Morgan fingerprint density at radius 2 is 1.84 bits per heavy atom. The Labute approximate surface area is 149 Å². The molecule has 25 heavy (non-hydrogen) atoms. The van der Waals surface area contributed by atoms with Crippen LogP contribution in [-0.4, -0.2) is 57.0 Å². The average molecular weight is 369 g/mol. The fourth-order valence-corrected chi connectivity index (χ4v) is 4.28. The zero-order valence-corrected chi connectivity index (χ0v) is 16.0. The Morgan fingerprint density at radius 1 is 1.20 bits per heavy atom. The van der Waals surface area contributed by atoms with Crippen LogP contribution in [0.2, 0.25) is 0 Å². The van der Waals surface area contributed by atoms with Crippen LogP contribution in [-0.2, 0) is 19.6 Å². The van der Waals surface area contributed by atoms with Crippen LogP contribution < -0.4 is 10.6 Å². The number of aryl methyl sites for hydroxylation is 1. The van der Waals surface area contributed by atoms with Crippen molar-refractivity contribution in [3.8, 4) is 0 Å². The predicted octanol–water partition coefficient (Wildman–Crippen LogP) is 1.34. The number of anilines is 1. The van der Waals surface area contributed by atoms with Crippen LogP contribution in [0.5, 0.6) is 0 Å². The summed E-state index contributed by atoms with van der Waals surface area (Å²) in [6.45, 7) is 8.82. The number of nitrogens with zero attached hydrogens (tertiary/aromatic N) is 1. The van der Waals surface area contributed by atoms with Crippen LogP contribution in [0.1, 0.15) is 26.3 Å². The molecule has 1 heterocycles. The second-order valence-electron chi connectivity index (χ2n) is 6.53. The minimum atomic E-state index is -3.58. The third kappa shape index (κ3) is 4.93. The first-order valence-corrected chi connectivity index (χ1v) is 9.91. The molecule has 1 amide bonds. The highest BCUT2D eigenvalue weighted by atomic mass is 32.2. The number of benzene rings is 1. The zero-order valence-electron chi connectivity index (χ0n) is 15.2. The largest absolute Gasteiger partial charge is 0.379 e. The summed E-state index contributed by atoms with van der Waals surface area (Å²) in [5.41, 5.74) is 1.28. The first-order chi connectivity index (χ1) is 11.7. The molecule has 0 aromatic heterocycles. The lowest BCUT2D eigenvalue weighted by atomic mass is 10.2. The summed E-state index contributed by atoms with van der Waals surface area (Å²) in [5, 5.41) is 5.90. The molecule has 1 aliphatic rings. The summed E-state index contributed by atoms with van der Waals surface area (Å²) < 4.78 is 32.5. The fourth-order valence-electron chi connectivity index (χ4n) is 2.62. The third-order valence-corrected chi connectivity index (χ3v) is 6.02. The van der Waals surface area contributed by atoms with Gasteiger partial charge in [-0.15, -0.1) is 0 Å². The van der Waals surface area contributed by atoms with Gasteiger partial charge in [0.1, 0.15) is 6.04 Å². The molecule has 0 spiro atoms. The second kappa shape index (κ2) is 8.16. The Morgan fingerprint density at radius 3 is 2.44 bits per heavy atom. The molecule has 1 saturated heterocycles. The molecule has 1 unspecified atom stereocenters. The number of nitrogens with one attached hydrogen (secondary N) is 2. The van der Waals surface area contributed by atoms with Crippen molar-refractivity contribution in [2.75, 3.05) is 31.6 Å². The zero-order chi connectivity index (χ0) is 18.6. The molecule has 0 saturated carbocycles. The number of ether oxygens (including phenoxy) is 1. The number of hydrogen-bond acceptors (Lipinski definition) is 5. The first kappa shape index (κ1) is 19.7. The topological polar surface area (TPSA) is 87.7 Å². The lowest BCUT2D eigenvalue weighted by Crippen LogP contribution is -2.41. The van der Waals surface area contributed by atoms with E-state index in [2.05, 4.69) is 10.6 Å². The van der Waals surface area contributed by atoms with Gasteiger partial charge < -0.3 is 15.4 Å². The summed E-state index contributed by atoms with van der Waals surface area (Å²) >= 11 is 0. The number of carbonyl (C=O) groups excluding carboxylic acids is 1. The lowest BCUT2D eigenvalue weighted by molar-refractivity contribution is -0.122. The first-order valence-electron chi connectivity index (χ1n) is 8.47. The highest BCUT2D eigenvalue weighted by Crippen LogP contribution is 2.24. The summed E-state index contributed by atoms with van der Waals surface area (Å²) in [6, 6.07) is 4.71. The van der Waals surface area contributed by atoms with E-state index in [-0.39, 0.29) is 16.8 Å². The molecule has 2 rings (SSSR count). The Hall–Kier alpha value is -1.64. The van der Waals surface area contributed by atoms with E-state index in [4.69, 9.17) is 4.74 Å². The molecular formula is C17H27N3O4S. The SMILES string of the molecule is Cc1ccc(NC(C)C(=O)NC(C)C)cc1S(=O)(=O)N1CCOCC1. The van der Waals surface area contributed by atoms with Crippen LogP contribution in [0.3, 0.4) is 0 Å². The van der Waals surface area contributed by atoms with Gasteiger partial charge in [-0.05, 0) is 45.4 Å². The van der Waals surface area contributed by atoms with Gasteiger partial charge >= 0.3 is 0 Å². The molecule has 1 aromatic carbocycles. The van der Waals surface area contributed by atoms with Gasteiger partial charge in [0.15, 0.2) is 0 Å². The van der Waals surface area contributed by atoms with E-state index in [9.17, 15) is 13.2 Å². The number of morpholine rings is 1. The Bertz CT molecular complexity index is 713. The van der Waals surface area contributed by atoms with Crippen molar-refractivity contribution in [2.45, 2.75) is 44.7 Å². The van der Waals surface area contributed by atoms with Crippen LogP contribution in [0.4, 0.5) is 5.69 Å². The van der Waals surface area contributed by atoms with E-state index in [1.54, 1.807) is 32.0 Å². The summed E-state index contributed by atoms with van der Waals surface area (Å²) in [6.07, 6.45) is 0. The second-order valence-corrected chi connectivity index (χ2v) is 8.43. The van der Waals surface area contributed by atoms with E-state index in [0.29, 0.717) is 37.6 Å². The van der Waals surface area contributed by atoms with Gasteiger partial charge in [-0.25, -0.2) is 8.42 Å². The number of hydrogen-bond donors (Lipinski definition) is 2. The van der Waals surface area contributed by atoms with Crippen LogP contribution >= 0.6 is 0 Å². The van der Waals surface area contributed by atoms with Crippen molar-refractivity contribution in [3.05, 3.63) is 23.8 Å². The highest BCUT2D eigenvalue weighted by molar-refractivity contribution is 7.89. The molecule has 0 radical (unpaired) electrons. The van der Waals surface area contributed by atoms with E-state index >= 15 is 0 Å². The van der Waals surface area contributed by atoms with Gasteiger partial charge in [0.25, 0.3) is 0 Å². The molecule has 1 aliphatic heterocycles. The molecular weight excluding hydrogens is 342 g/mol. The molecule has 0 aliphatic carbocycles. The molecule has 2 N–H and O–H groups in total. The fraction of sp³-hybridized carbons (Fsp3) is 0.588. The highest BCUT2D eigenvalue weighted by Gasteiger charge is 2.28. The van der Waals surface area contributed by atoms with Gasteiger partial charge in [0.2, 0.25) is 15.9 Å². The minimum Gasteiger partial charge on any atom is -0.379 e. The predicted molar refractivity (Wildman–Crippen MR) is 97.1 cm³/mol. The van der Waals surface area contributed by atoms with E-state index in [1.165, 1.54) is 4.31 Å². The van der Waals surface area contributed by atoms with Crippen molar-refractivity contribution in [2.24, 2.45) is 0 Å². The van der Waals surface area contributed by atoms with Gasteiger partial charge in [-0.1, -0.05) is 6.07 Å². The summed E-state index contributed by atoms with van der Waals surface area (Å²) in [5.74, 6) is -0.131. The van der Waals surface area contributed by atoms with Crippen LogP contribution in [0.25, 0.3) is 0 Å². The van der Waals surface area contributed by atoms with Gasteiger partial charge in [-0.2, -0.15) is 4.31 Å². The summed E-state index contributed by atoms with van der Waals surface area (Å²) in [7, 11) is -3.58. The van der Waals surface area contributed by atoms with E-state index in [0.717, 1.165) is 0 Å². The van der Waals surface area contributed by atoms with Crippen molar-refractivity contribution in [3.63, 3.8) is 0 Å². The van der Waals surface area contributed by atoms with Crippen molar-refractivity contribution >= 4 is 21.6 Å². The van der Waals surface area contributed by atoms with Crippen molar-refractivity contribution in [1.82, 2.24) is 9.62 Å². The smallest absolute Gasteiger partial charge is 0.243 e. The monoisotopic (exact) mass is 369 g/mol. The lowest BCUT2D eigenvalue weighted by Gasteiger charge is -2.27. The maximum Gasteiger partial charge on any atom is 0.243 e.